The number of amides is 1. The molecule has 0 atom stereocenters. The molecule has 1 amide bonds. The number of nitriles is 1. The third-order valence-corrected chi connectivity index (χ3v) is 4.46. The quantitative estimate of drug-likeness (QED) is 0.578. The van der Waals surface area contributed by atoms with Crippen LogP contribution >= 0.6 is 23.2 Å². The van der Waals surface area contributed by atoms with Gasteiger partial charge in [0.15, 0.2) is 0 Å². The van der Waals surface area contributed by atoms with Crippen molar-refractivity contribution in [2.45, 2.75) is 0 Å². The Kier molecular flexibility index (Phi) is 7.05. The fraction of sp³-hybridized carbons (Fsp3) is 0.158. The van der Waals surface area contributed by atoms with Gasteiger partial charge >= 0.3 is 0 Å². The van der Waals surface area contributed by atoms with Crippen LogP contribution in [-0.4, -0.2) is 31.2 Å². The van der Waals surface area contributed by atoms with Crippen molar-refractivity contribution in [3.05, 3.63) is 63.6 Å². The number of anilines is 2. The number of aliphatic hydroxyl groups is 1. The Morgan fingerprint density at radius 1 is 1.27 bits per heavy atom. The van der Waals surface area contributed by atoms with Crippen LogP contribution in [0.4, 0.5) is 11.4 Å². The number of rotatable bonds is 6. The molecular formula is C19H17Cl2N3O2. The molecule has 0 spiro atoms. The average Bonchev–Trinajstić information content (AvgIpc) is 2.64. The van der Waals surface area contributed by atoms with Crippen molar-refractivity contribution in [3.63, 3.8) is 0 Å². The first-order valence-electron chi connectivity index (χ1n) is 7.75. The maximum absolute atomic E-state index is 12.3. The Hall–Kier alpha value is -2.52. The minimum atomic E-state index is -0.571. The maximum atomic E-state index is 12.3. The van der Waals surface area contributed by atoms with Crippen LogP contribution < -0.4 is 10.2 Å². The molecule has 0 aliphatic heterocycles. The molecule has 0 saturated carbocycles. The lowest BCUT2D eigenvalue weighted by Gasteiger charge is -2.17. The highest BCUT2D eigenvalue weighted by molar-refractivity contribution is 6.44. The van der Waals surface area contributed by atoms with Gasteiger partial charge in [0.25, 0.3) is 5.91 Å². The molecule has 26 heavy (non-hydrogen) atoms. The zero-order valence-electron chi connectivity index (χ0n) is 14.0. The SMILES string of the molecule is CN(CCO)c1ccc(/C=C(\C#N)C(=O)Nc2cccc(Cl)c2Cl)cc1. The molecule has 5 nitrogen and oxygen atoms in total. The number of carbonyl (C=O) groups excluding carboxylic acids is 1. The van der Waals surface area contributed by atoms with Gasteiger partial charge in [-0.15, -0.1) is 0 Å². The third kappa shape index (κ3) is 4.99. The van der Waals surface area contributed by atoms with Gasteiger partial charge in [0.05, 0.1) is 22.3 Å². The van der Waals surface area contributed by atoms with E-state index in [4.69, 9.17) is 28.3 Å². The maximum Gasteiger partial charge on any atom is 0.266 e. The molecule has 0 aliphatic rings. The van der Waals surface area contributed by atoms with E-state index in [9.17, 15) is 10.1 Å². The van der Waals surface area contributed by atoms with Crippen molar-refractivity contribution in [3.8, 4) is 6.07 Å². The Morgan fingerprint density at radius 3 is 2.58 bits per heavy atom. The van der Waals surface area contributed by atoms with Gasteiger partial charge in [-0.2, -0.15) is 5.26 Å². The number of nitrogens with one attached hydrogen (secondary N) is 1. The van der Waals surface area contributed by atoms with Crippen LogP contribution in [-0.2, 0) is 4.79 Å². The van der Waals surface area contributed by atoms with Gasteiger partial charge in [-0.3, -0.25) is 4.79 Å². The number of benzene rings is 2. The van der Waals surface area contributed by atoms with Gasteiger partial charge in [-0.05, 0) is 35.9 Å². The largest absolute Gasteiger partial charge is 0.395 e. The van der Waals surface area contributed by atoms with Gasteiger partial charge in [0.2, 0.25) is 0 Å². The van der Waals surface area contributed by atoms with Crippen molar-refractivity contribution in [1.82, 2.24) is 0 Å². The molecule has 2 rings (SSSR count). The minimum absolute atomic E-state index is 0.0579. The lowest BCUT2D eigenvalue weighted by Crippen LogP contribution is -2.20. The molecule has 134 valence electrons. The standard InChI is InChI=1S/C19H17Cl2N3O2/c1-24(9-10-25)15-7-5-13(6-8-15)11-14(12-22)19(26)23-17-4-2-3-16(20)18(17)21/h2-8,11,25H,9-10H2,1H3,(H,23,26)/b14-11+. The summed E-state index contributed by atoms with van der Waals surface area (Å²) in [6.45, 7) is 0.574. The van der Waals surface area contributed by atoms with E-state index in [0.29, 0.717) is 22.8 Å². The Morgan fingerprint density at radius 2 is 1.96 bits per heavy atom. The van der Waals surface area contributed by atoms with Crippen molar-refractivity contribution in [1.29, 1.82) is 5.26 Å². The summed E-state index contributed by atoms with van der Waals surface area (Å²) in [5, 5.41) is 21.4. The van der Waals surface area contributed by atoms with E-state index in [1.165, 1.54) is 6.08 Å². The van der Waals surface area contributed by atoms with E-state index in [-0.39, 0.29) is 17.2 Å². The zero-order chi connectivity index (χ0) is 19.1. The van der Waals surface area contributed by atoms with E-state index in [1.54, 1.807) is 30.3 Å². The summed E-state index contributed by atoms with van der Waals surface area (Å²) in [6, 6.07) is 14.0. The highest BCUT2D eigenvalue weighted by atomic mass is 35.5. The van der Waals surface area contributed by atoms with Gasteiger partial charge in [0, 0.05) is 19.3 Å². The highest BCUT2D eigenvalue weighted by Crippen LogP contribution is 2.29. The molecule has 0 unspecified atom stereocenters. The third-order valence-electron chi connectivity index (χ3n) is 3.65. The van der Waals surface area contributed by atoms with Crippen LogP contribution in [0.1, 0.15) is 5.56 Å². The van der Waals surface area contributed by atoms with E-state index in [0.717, 1.165) is 5.69 Å². The first-order chi connectivity index (χ1) is 12.5. The van der Waals surface area contributed by atoms with Gasteiger partial charge in [0.1, 0.15) is 11.6 Å². The van der Waals surface area contributed by atoms with Crippen molar-refractivity contribution in [2.24, 2.45) is 0 Å². The number of likely N-dealkylation sites (N-methyl/N-ethyl adjacent to an activating group) is 1. The molecule has 7 heteroatoms. The molecule has 2 N–H and O–H groups in total. The van der Waals surface area contributed by atoms with Gasteiger partial charge in [-0.1, -0.05) is 41.4 Å². The first-order valence-corrected chi connectivity index (χ1v) is 8.51. The molecule has 2 aromatic carbocycles. The monoisotopic (exact) mass is 389 g/mol. The van der Waals surface area contributed by atoms with Crippen molar-refractivity contribution < 1.29 is 9.90 Å². The molecule has 2 aromatic rings. The van der Waals surface area contributed by atoms with Crippen LogP contribution in [0.15, 0.2) is 48.0 Å². The van der Waals surface area contributed by atoms with Crippen molar-refractivity contribution in [2.75, 3.05) is 30.4 Å². The number of hydrogen-bond donors (Lipinski definition) is 2. The predicted octanol–water partition coefficient (Wildman–Crippen LogP) is 3.97. The summed E-state index contributed by atoms with van der Waals surface area (Å²) in [7, 11) is 1.87. The summed E-state index contributed by atoms with van der Waals surface area (Å²) in [5.41, 5.74) is 1.91. The second kappa shape index (κ2) is 9.25. The summed E-state index contributed by atoms with van der Waals surface area (Å²) >= 11 is 12.0. The molecular weight excluding hydrogens is 373 g/mol. The van der Waals surface area contributed by atoms with E-state index < -0.39 is 5.91 Å². The highest BCUT2D eigenvalue weighted by Gasteiger charge is 2.13. The zero-order valence-corrected chi connectivity index (χ0v) is 15.6. The molecule has 0 radical (unpaired) electrons. The topological polar surface area (TPSA) is 76.4 Å². The fourth-order valence-corrected chi connectivity index (χ4v) is 2.56. The summed E-state index contributed by atoms with van der Waals surface area (Å²) in [5.74, 6) is -0.571. The van der Waals surface area contributed by atoms with Crippen LogP contribution in [0.5, 0.6) is 0 Å². The summed E-state index contributed by atoms with van der Waals surface area (Å²) in [4.78, 5) is 14.2. The number of hydrogen-bond acceptors (Lipinski definition) is 4. The fourth-order valence-electron chi connectivity index (χ4n) is 2.21. The first kappa shape index (κ1) is 19.8. The van der Waals surface area contributed by atoms with Gasteiger partial charge in [-0.25, -0.2) is 0 Å². The number of aliphatic hydroxyl groups excluding tert-OH is 1. The predicted molar refractivity (Wildman–Crippen MR) is 105 cm³/mol. The number of carbonyl (C=O) groups is 1. The van der Waals surface area contributed by atoms with Crippen LogP contribution in [0.3, 0.4) is 0 Å². The Labute approximate surface area is 162 Å². The second-order valence-electron chi connectivity index (χ2n) is 5.46. The van der Waals surface area contributed by atoms with Crippen LogP contribution in [0.2, 0.25) is 10.0 Å². The lowest BCUT2D eigenvalue weighted by molar-refractivity contribution is -0.112. The summed E-state index contributed by atoms with van der Waals surface area (Å²) < 4.78 is 0. The van der Waals surface area contributed by atoms with Crippen LogP contribution in [0.25, 0.3) is 6.08 Å². The average molecular weight is 390 g/mol. The lowest BCUT2D eigenvalue weighted by atomic mass is 10.1. The van der Waals surface area contributed by atoms with Crippen molar-refractivity contribution >= 4 is 46.6 Å². The molecule has 0 fully saturated rings. The molecule has 0 bridgehead atoms. The smallest absolute Gasteiger partial charge is 0.266 e. The normalized spacial score (nSPS) is 11.0. The van der Waals surface area contributed by atoms with E-state index in [1.807, 2.05) is 30.1 Å². The van der Waals surface area contributed by atoms with Gasteiger partial charge < -0.3 is 15.3 Å². The number of nitrogens with zero attached hydrogens (tertiary/aromatic N) is 2. The second-order valence-corrected chi connectivity index (χ2v) is 6.25. The Balaban J connectivity index is 2.18. The molecule has 0 saturated heterocycles. The minimum Gasteiger partial charge on any atom is -0.395 e. The Bertz CT molecular complexity index is 858. The van der Waals surface area contributed by atoms with Crippen LogP contribution in [0, 0.1) is 11.3 Å². The molecule has 0 heterocycles. The van der Waals surface area contributed by atoms with E-state index >= 15 is 0 Å². The van der Waals surface area contributed by atoms with E-state index in [2.05, 4.69) is 5.32 Å². The number of halogens is 2. The summed E-state index contributed by atoms with van der Waals surface area (Å²) in [6.07, 6.45) is 1.49. The molecule has 0 aromatic heterocycles. The molecule has 0 aliphatic carbocycles.